The lowest BCUT2D eigenvalue weighted by molar-refractivity contribution is -0.385. The van der Waals surface area contributed by atoms with Crippen molar-refractivity contribution < 1.29 is 9.72 Å². The normalized spacial score (nSPS) is 10.4. The number of hydrogen-bond acceptors (Lipinski definition) is 6. The molecule has 0 saturated carbocycles. The number of nitro groups is 1. The Morgan fingerprint density at radius 3 is 2.86 bits per heavy atom. The maximum absolute atomic E-state index is 12.2. The molecule has 2 rings (SSSR count). The Labute approximate surface area is 129 Å². The van der Waals surface area contributed by atoms with Crippen LogP contribution in [0.1, 0.15) is 27.9 Å². The fraction of sp³-hybridized carbons (Fsp3) is 0.250. The van der Waals surface area contributed by atoms with E-state index in [9.17, 15) is 14.9 Å². The van der Waals surface area contributed by atoms with E-state index in [-0.39, 0.29) is 10.7 Å². The van der Waals surface area contributed by atoms with Crippen LogP contribution in [-0.4, -0.2) is 20.8 Å². The number of aromatic nitrogens is 2. The molecule has 0 aliphatic rings. The maximum Gasteiger partial charge on any atom is 0.319 e. The number of halogens is 1. The Morgan fingerprint density at radius 1 is 1.57 bits per heavy atom. The molecule has 7 nitrogen and oxygen atoms in total. The molecule has 0 atom stereocenters. The highest BCUT2D eigenvalue weighted by atomic mass is 35.5. The highest BCUT2D eigenvalue weighted by Crippen LogP contribution is 2.28. The zero-order valence-electron chi connectivity index (χ0n) is 11.2. The molecule has 0 spiro atoms. The second-order valence-corrected chi connectivity index (χ2v) is 5.65. The lowest BCUT2D eigenvalue weighted by atomic mass is 10.2. The van der Waals surface area contributed by atoms with Gasteiger partial charge in [0.15, 0.2) is 5.13 Å². The average Bonchev–Trinajstić information content (AvgIpc) is 2.77. The molecule has 110 valence electrons. The second kappa shape index (κ2) is 6.15. The zero-order chi connectivity index (χ0) is 15.6. The van der Waals surface area contributed by atoms with Gasteiger partial charge >= 0.3 is 5.69 Å². The third kappa shape index (κ3) is 3.17. The summed E-state index contributed by atoms with van der Waals surface area (Å²) in [6.07, 6.45) is 1.99. The lowest BCUT2D eigenvalue weighted by Crippen LogP contribution is -2.14. The van der Waals surface area contributed by atoms with Gasteiger partial charge in [0, 0.05) is 11.1 Å². The molecule has 0 saturated heterocycles. The van der Waals surface area contributed by atoms with Crippen LogP contribution in [0.25, 0.3) is 0 Å². The van der Waals surface area contributed by atoms with Gasteiger partial charge in [-0.1, -0.05) is 18.5 Å². The number of pyridine rings is 1. The van der Waals surface area contributed by atoms with Crippen molar-refractivity contribution in [3.8, 4) is 0 Å². The summed E-state index contributed by atoms with van der Waals surface area (Å²) in [5.74, 6) is -0.637. The number of nitrogens with zero attached hydrogens (tertiary/aromatic N) is 3. The molecule has 2 aromatic heterocycles. The molecule has 0 aliphatic carbocycles. The van der Waals surface area contributed by atoms with Gasteiger partial charge in [0.1, 0.15) is 5.56 Å². The van der Waals surface area contributed by atoms with E-state index in [1.165, 1.54) is 23.6 Å². The largest absolute Gasteiger partial charge is 0.319 e. The van der Waals surface area contributed by atoms with E-state index in [1.54, 1.807) is 0 Å². The van der Waals surface area contributed by atoms with Gasteiger partial charge in [-0.15, -0.1) is 11.3 Å². The van der Waals surface area contributed by atoms with E-state index in [2.05, 4.69) is 15.3 Å². The average molecular weight is 327 g/mol. The molecular weight excluding hydrogens is 316 g/mol. The maximum atomic E-state index is 12.2. The van der Waals surface area contributed by atoms with Crippen molar-refractivity contribution in [3.63, 3.8) is 0 Å². The number of amides is 1. The molecule has 1 N–H and O–H groups in total. The van der Waals surface area contributed by atoms with Crippen molar-refractivity contribution in [2.45, 2.75) is 20.3 Å². The third-order valence-corrected chi connectivity index (χ3v) is 3.96. The molecule has 2 heterocycles. The number of hydrogen-bond donors (Lipinski definition) is 1. The Bertz CT molecular complexity index is 717. The molecule has 21 heavy (non-hydrogen) atoms. The first kappa shape index (κ1) is 15.3. The van der Waals surface area contributed by atoms with Crippen LogP contribution in [0.4, 0.5) is 10.8 Å². The zero-order valence-corrected chi connectivity index (χ0v) is 12.8. The van der Waals surface area contributed by atoms with Crippen molar-refractivity contribution in [1.29, 1.82) is 0 Å². The van der Waals surface area contributed by atoms with Gasteiger partial charge < -0.3 is 0 Å². The smallest absolute Gasteiger partial charge is 0.298 e. The summed E-state index contributed by atoms with van der Waals surface area (Å²) < 4.78 is 0. The fourth-order valence-corrected chi connectivity index (χ4v) is 2.88. The fourth-order valence-electron chi connectivity index (χ4n) is 1.76. The van der Waals surface area contributed by atoms with Crippen molar-refractivity contribution >= 4 is 39.7 Å². The Balaban J connectivity index is 2.32. The summed E-state index contributed by atoms with van der Waals surface area (Å²) in [6, 6.07) is 1.25. The summed E-state index contributed by atoms with van der Waals surface area (Å²) in [4.78, 5) is 31.3. The van der Waals surface area contributed by atoms with Crippen LogP contribution in [0.5, 0.6) is 0 Å². The van der Waals surface area contributed by atoms with E-state index in [0.29, 0.717) is 5.13 Å². The minimum absolute atomic E-state index is 0.147. The molecule has 9 heteroatoms. The quantitative estimate of drug-likeness (QED) is 0.528. The monoisotopic (exact) mass is 326 g/mol. The number of carbonyl (C=O) groups excluding carboxylic acids is 1. The van der Waals surface area contributed by atoms with E-state index in [1.807, 2.05) is 13.8 Å². The Kier molecular flexibility index (Phi) is 4.49. The summed E-state index contributed by atoms with van der Waals surface area (Å²) in [5.41, 5.74) is 0.226. The van der Waals surface area contributed by atoms with Crippen LogP contribution < -0.4 is 5.32 Å². The number of nitrogens with one attached hydrogen (secondary N) is 1. The van der Waals surface area contributed by atoms with Crippen LogP contribution in [0, 0.1) is 17.0 Å². The van der Waals surface area contributed by atoms with Crippen LogP contribution in [-0.2, 0) is 6.42 Å². The van der Waals surface area contributed by atoms with Crippen LogP contribution in [0.2, 0.25) is 5.15 Å². The first-order valence-corrected chi connectivity index (χ1v) is 7.20. The van der Waals surface area contributed by atoms with Crippen LogP contribution in [0.15, 0.2) is 12.3 Å². The number of aryl methyl sites for hydroxylation is 2. The summed E-state index contributed by atoms with van der Waals surface area (Å²) in [5, 5.41) is 13.6. The predicted octanol–water partition coefficient (Wildman–Crippen LogP) is 3.22. The molecule has 0 radical (unpaired) electrons. The summed E-state index contributed by atoms with van der Waals surface area (Å²) >= 11 is 7.00. The predicted molar refractivity (Wildman–Crippen MR) is 80.1 cm³/mol. The first-order valence-electron chi connectivity index (χ1n) is 6.00. The first-order chi connectivity index (χ1) is 9.93. The van der Waals surface area contributed by atoms with Crippen LogP contribution >= 0.6 is 22.9 Å². The van der Waals surface area contributed by atoms with Crippen molar-refractivity contribution in [2.75, 3.05) is 5.32 Å². The number of carbonyl (C=O) groups is 1. The highest BCUT2D eigenvalue weighted by Gasteiger charge is 2.25. The van der Waals surface area contributed by atoms with Gasteiger partial charge in [-0.05, 0) is 19.4 Å². The minimum Gasteiger partial charge on any atom is -0.298 e. The molecule has 0 aromatic carbocycles. The highest BCUT2D eigenvalue weighted by molar-refractivity contribution is 7.15. The number of rotatable bonds is 4. The molecule has 0 aliphatic heterocycles. The molecule has 0 bridgehead atoms. The standard InChI is InChI=1S/C12H11ClN4O3S/c1-3-8-6(2)21-12(15-8)16-11(18)7-4-5-14-10(13)9(7)17(19)20/h4-5H,3H2,1-2H3,(H,15,16,18). The van der Waals surface area contributed by atoms with Crippen molar-refractivity contribution in [1.82, 2.24) is 9.97 Å². The topological polar surface area (TPSA) is 98.0 Å². The Morgan fingerprint density at radius 2 is 2.29 bits per heavy atom. The number of anilines is 1. The van der Waals surface area contributed by atoms with Gasteiger partial charge in [-0.2, -0.15) is 0 Å². The third-order valence-electron chi connectivity index (χ3n) is 2.75. The second-order valence-electron chi connectivity index (χ2n) is 4.08. The van der Waals surface area contributed by atoms with Crippen LogP contribution in [0.3, 0.4) is 0 Å². The molecule has 2 aromatic rings. The van der Waals surface area contributed by atoms with Gasteiger partial charge in [-0.3, -0.25) is 20.2 Å². The lowest BCUT2D eigenvalue weighted by Gasteiger charge is -2.03. The van der Waals surface area contributed by atoms with E-state index in [4.69, 9.17) is 11.6 Å². The molecular formula is C12H11ClN4O3S. The molecule has 0 unspecified atom stereocenters. The minimum atomic E-state index is -0.727. The van der Waals surface area contributed by atoms with Gasteiger partial charge in [-0.25, -0.2) is 9.97 Å². The molecule has 1 amide bonds. The van der Waals surface area contributed by atoms with Gasteiger partial charge in [0.25, 0.3) is 5.91 Å². The molecule has 0 fully saturated rings. The van der Waals surface area contributed by atoms with Crippen molar-refractivity contribution in [3.05, 3.63) is 43.7 Å². The number of thiazole rings is 1. The Hall–Kier alpha value is -2.06. The summed E-state index contributed by atoms with van der Waals surface area (Å²) in [7, 11) is 0. The van der Waals surface area contributed by atoms with E-state index in [0.717, 1.165) is 17.0 Å². The van der Waals surface area contributed by atoms with Gasteiger partial charge in [0.2, 0.25) is 5.15 Å². The SMILES string of the molecule is CCc1nc(NC(=O)c2ccnc(Cl)c2[N+](=O)[O-])sc1C. The summed E-state index contributed by atoms with van der Waals surface area (Å²) in [6.45, 7) is 3.86. The van der Waals surface area contributed by atoms with E-state index < -0.39 is 16.5 Å². The van der Waals surface area contributed by atoms with Crippen molar-refractivity contribution in [2.24, 2.45) is 0 Å². The van der Waals surface area contributed by atoms with Gasteiger partial charge in [0.05, 0.1) is 10.6 Å². The van der Waals surface area contributed by atoms with E-state index >= 15 is 0 Å².